The molecule has 1 aliphatic heterocycles. The van der Waals surface area contributed by atoms with Gasteiger partial charge in [0.1, 0.15) is 23.6 Å². The van der Waals surface area contributed by atoms with E-state index in [0.29, 0.717) is 22.9 Å². The molecule has 0 aliphatic carbocycles. The third kappa shape index (κ3) is 4.85. The molecule has 0 spiro atoms. The van der Waals surface area contributed by atoms with E-state index in [0.717, 1.165) is 10.5 Å². The van der Waals surface area contributed by atoms with Crippen molar-refractivity contribution in [2.24, 2.45) is 0 Å². The number of rotatable bonds is 8. The first-order chi connectivity index (χ1) is 16.4. The molecule has 1 unspecified atom stereocenters. The molecule has 0 radical (unpaired) electrons. The fraction of sp³-hybridized carbons (Fsp3) is 0.192. The Balaban J connectivity index is 1.45. The molecule has 0 saturated carbocycles. The lowest BCUT2D eigenvalue weighted by Crippen LogP contribution is -2.46. The molecule has 8 heteroatoms. The van der Waals surface area contributed by atoms with Crippen LogP contribution in [0, 0.1) is 0 Å². The molecule has 3 aromatic carbocycles. The Morgan fingerprint density at radius 1 is 0.941 bits per heavy atom. The summed E-state index contributed by atoms with van der Waals surface area (Å²) in [4.78, 5) is 39.4. The van der Waals surface area contributed by atoms with Crippen LogP contribution in [0.2, 0.25) is 0 Å². The predicted molar refractivity (Wildman–Crippen MR) is 127 cm³/mol. The van der Waals surface area contributed by atoms with E-state index in [1.165, 1.54) is 0 Å². The minimum Gasteiger partial charge on any atom is -0.496 e. The van der Waals surface area contributed by atoms with Gasteiger partial charge >= 0.3 is 6.03 Å². The summed E-state index contributed by atoms with van der Waals surface area (Å²) in [5.41, 5.74) is 0.0139. The summed E-state index contributed by atoms with van der Waals surface area (Å²) in [5.74, 6) is 0.684. The van der Waals surface area contributed by atoms with Crippen molar-refractivity contribution in [1.82, 2.24) is 10.2 Å². The molecule has 1 saturated heterocycles. The minimum atomic E-state index is -1.19. The number of para-hydroxylation sites is 4. The van der Waals surface area contributed by atoms with Gasteiger partial charge in [0, 0.05) is 6.42 Å². The molecule has 1 heterocycles. The Morgan fingerprint density at radius 3 is 2.32 bits per heavy atom. The lowest BCUT2D eigenvalue weighted by Gasteiger charge is -2.22. The average Bonchev–Trinajstić information content (AvgIpc) is 3.04. The van der Waals surface area contributed by atoms with Crippen molar-refractivity contribution in [3.63, 3.8) is 0 Å². The third-order valence-corrected chi connectivity index (χ3v) is 5.52. The van der Waals surface area contributed by atoms with Crippen LogP contribution in [0.1, 0.15) is 12.5 Å². The quantitative estimate of drug-likeness (QED) is 0.497. The van der Waals surface area contributed by atoms with Gasteiger partial charge in [-0.2, -0.15) is 0 Å². The molecular formula is C26H25N3O5. The van der Waals surface area contributed by atoms with Crippen LogP contribution in [0.4, 0.5) is 10.5 Å². The van der Waals surface area contributed by atoms with Gasteiger partial charge in [-0.25, -0.2) is 4.79 Å². The fourth-order valence-electron chi connectivity index (χ4n) is 3.85. The summed E-state index contributed by atoms with van der Waals surface area (Å²) in [7, 11) is 1.55. The number of carbonyl (C=O) groups is 3. The number of anilines is 1. The van der Waals surface area contributed by atoms with E-state index >= 15 is 0 Å². The van der Waals surface area contributed by atoms with Gasteiger partial charge < -0.3 is 20.1 Å². The van der Waals surface area contributed by atoms with E-state index in [-0.39, 0.29) is 6.42 Å². The van der Waals surface area contributed by atoms with E-state index in [9.17, 15) is 14.4 Å². The number of hydrogen-bond donors (Lipinski definition) is 2. The van der Waals surface area contributed by atoms with Gasteiger partial charge in [-0.05, 0) is 42.8 Å². The smallest absolute Gasteiger partial charge is 0.325 e. The molecular weight excluding hydrogens is 434 g/mol. The van der Waals surface area contributed by atoms with Crippen molar-refractivity contribution < 1.29 is 23.9 Å². The van der Waals surface area contributed by atoms with Gasteiger partial charge in [0.2, 0.25) is 5.91 Å². The molecule has 1 aliphatic rings. The van der Waals surface area contributed by atoms with Crippen LogP contribution in [0.5, 0.6) is 17.2 Å². The number of urea groups is 1. The highest BCUT2D eigenvalue weighted by Gasteiger charge is 2.48. The van der Waals surface area contributed by atoms with Crippen molar-refractivity contribution in [2.45, 2.75) is 18.9 Å². The molecule has 0 aromatic heterocycles. The molecule has 0 bridgehead atoms. The van der Waals surface area contributed by atoms with Gasteiger partial charge in [-0.15, -0.1) is 0 Å². The highest BCUT2D eigenvalue weighted by atomic mass is 16.5. The lowest BCUT2D eigenvalue weighted by atomic mass is 9.92. The van der Waals surface area contributed by atoms with Crippen molar-refractivity contribution in [3.8, 4) is 17.2 Å². The minimum absolute atomic E-state index is 0.230. The number of methoxy groups -OCH3 is 1. The maximum atomic E-state index is 13.1. The lowest BCUT2D eigenvalue weighted by molar-refractivity contribution is -0.133. The van der Waals surface area contributed by atoms with Crippen LogP contribution in [-0.2, 0) is 16.0 Å². The molecule has 174 valence electrons. The summed E-state index contributed by atoms with van der Waals surface area (Å²) in [6.07, 6.45) is 0.230. The Labute approximate surface area is 197 Å². The summed E-state index contributed by atoms with van der Waals surface area (Å²) < 4.78 is 11.2. The standard InChI is InChI=1S/C26H25N3O5/c1-26(16-18-10-6-8-14-21(18)33-2)24(31)29(25(32)28-26)17-23(30)27-20-13-7-9-15-22(20)34-19-11-4-3-5-12-19/h3-15H,16-17H2,1-2H3,(H,27,30)(H,28,32). The van der Waals surface area contributed by atoms with Crippen molar-refractivity contribution in [3.05, 3.63) is 84.4 Å². The molecule has 2 N–H and O–H groups in total. The number of nitrogens with one attached hydrogen (secondary N) is 2. The van der Waals surface area contributed by atoms with Gasteiger partial charge in [0.05, 0.1) is 12.8 Å². The first kappa shape index (κ1) is 22.8. The number of benzene rings is 3. The van der Waals surface area contributed by atoms with E-state index in [1.807, 2.05) is 36.4 Å². The Bertz CT molecular complexity index is 1210. The zero-order valence-corrected chi connectivity index (χ0v) is 18.9. The molecule has 34 heavy (non-hydrogen) atoms. The van der Waals surface area contributed by atoms with Crippen LogP contribution in [0.25, 0.3) is 0 Å². The van der Waals surface area contributed by atoms with Gasteiger partial charge in [-0.3, -0.25) is 14.5 Å². The predicted octanol–water partition coefficient (Wildman–Crippen LogP) is 3.98. The first-order valence-electron chi connectivity index (χ1n) is 10.8. The molecule has 8 nitrogen and oxygen atoms in total. The average molecular weight is 460 g/mol. The van der Waals surface area contributed by atoms with Crippen LogP contribution < -0.4 is 20.1 Å². The molecule has 1 fully saturated rings. The number of carbonyl (C=O) groups excluding carboxylic acids is 3. The van der Waals surface area contributed by atoms with Crippen LogP contribution in [0.15, 0.2) is 78.9 Å². The van der Waals surface area contributed by atoms with Crippen LogP contribution in [-0.4, -0.2) is 41.9 Å². The maximum Gasteiger partial charge on any atom is 0.325 e. The molecule has 3 aromatic rings. The Morgan fingerprint density at radius 2 is 1.59 bits per heavy atom. The second-order valence-corrected chi connectivity index (χ2v) is 8.10. The summed E-state index contributed by atoms with van der Waals surface area (Å²) in [5, 5.41) is 5.46. The number of nitrogens with zero attached hydrogens (tertiary/aromatic N) is 1. The largest absolute Gasteiger partial charge is 0.496 e. The maximum absolute atomic E-state index is 13.1. The van der Waals surface area contributed by atoms with Crippen molar-refractivity contribution in [2.75, 3.05) is 19.0 Å². The summed E-state index contributed by atoms with van der Waals surface area (Å²) in [6.45, 7) is 1.21. The van der Waals surface area contributed by atoms with Gasteiger partial charge in [-0.1, -0.05) is 48.5 Å². The highest BCUT2D eigenvalue weighted by Crippen LogP contribution is 2.30. The molecule has 4 amide bonds. The van der Waals surface area contributed by atoms with Crippen molar-refractivity contribution in [1.29, 1.82) is 0 Å². The highest BCUT2D eigenvalue weighted by molar-refractivity contribution is 6.10. The summed E-state index contributed by atoms with van der Waals surface area (Å²) in [6, 6.07) is 22.8. The second kappa shape index (κ2) is 9.66. The SMILES string of the molecule is COc1ccccc1CC1(C)NC(=O)N(CC(=O)Nc2ccccc2Oc2ccccc2)C1=O. The Hall–Kier alpha value is -4.33. The topological polar surface area (TPSA) is 97.0 Å². The normalized spacial score (nSPS) is 17.3. The first-order valence-corrected chi connectivity index (χ1v) is 10.8. The number of amides is 4. The van der Waals surface area contributed by atoms with E-state index in [4.69, 9.17) is 9.47 Å². The van der Waals surface area contributed by atoms with E-state index < -0.39 is 29.9 Å². The van der Waals surface area contributed by atoms with Crippen LogP contribution >= 0.6 is 0 Å². The zero-order chi connectivity index (χ0) is 24.1. The van der Waals surface area contributed by atoms with Crippen molar-refractivity contribution >= 4 is 23.5 Å². The van der Waals surface area contributed by atoms with E-state index in [2.05, 4.69) is 10.6 Å². The number of ether oxygens (including phenoxy) is 2. The van der Waals surface area contributed by atoms with Gasteiger partial charge in [0.25, 0.3) is 5.91 Å². The Kier molecular flexibility index (Phi) is 6.49. The number of imide groups is 1. The zero-order valence-electron chi connectivity index (χ0n) is 18.9. The molecule has 1 atom stereocenters. The summed E-state index contributed by atoms with van der Waals surface area (Å²) >= 11 is 0. The van der Waals surface area contributed by atoms with E-state index in [1.54, 1.807) is 56.5 Å². The number of hydrogen-bond acceptors (Lipinski definition) is 5. The van der Waals surface area contributed by atoms with Crippen LogP contribution in [0.3, 0.4) is 0 Å². The third-order valence-electron chi connectivity index (χ3n) is 5.52. The second-order valence-electron chi connectivity index (χ2n) is 8.10. The fourth-order valence-corrected chi connectivity index (χ4v) is 3.85. The molecule has 4 rings (SSSR count). The van der Waals surface area contributed by atoms with Gasteiger partial charge in [0.15, 0.2) is 5.75 Å². The monoisotopic (exact) mass is 459 g/mol.